The summed E-state index contributed by atoms with van der Waals surface area (Å²) < 4.78 is 68.1. The van der Waals surface area contributed by atoms with Gasteiger partial charge in [-0.05, 0) is 36.8 Å². The summed E-state index contributed by atoms with van der Waals surface area (Å²) in [5.41, 5.74) is -1.06. The highest BCUT2D eigenvalue weighted by Crippen LogP contribution is 2.29. The van der Waals surface area contributed by atoms with Crippen LogP contribution < -0.4 is 20.1 Å². The van der Waals surface area contributed by atoms with Gasteiger partial charge in [0.1, 0.15) is 11.3 Å². The Hall–Kier alpha value is -3.28. The third kappa shape index (κ3) is 4.42. The number of benzene rings is 2. The maximum absolute atomic E-state index is 12.6. The molecule has 3 amide bonds. The number of hydrogen-bond acceptors (Lipinski definition) is 5. The molecule has 154 valence electrons. The highest BCUT2D eigenvalue weighted by molar-refractivity contribution is 7.92. The van der Waals surface area contributed by atoms with Gasteiger partial charge in [-0.1, -0.05) is 18.2 Å². The zero-order valence-corrected chi connectivity index (χ0v) is 15.5. The minimum atomic E-state index is -4.97. The molecular formula is C17H14F3N3O5S. The van der Waals surface area contributed by atoms with E-state index in [4.69, 9.17) is 0 Å². The molecule has 2 aromatic rings. The average molecular weight is 429 g/mol. The second-order valence-electron chi connectivity index (χ2n) is 6.24. The molecule has 1 aliphatic heterocycles. The number of imide groups is 1. The number of nitrogens with one attached hydrogen (secondary N) is 3. The van der Waals surface area contributed by atoms with E-state index in [1.165, 1.54) is 31.2 Å². The van der Waals surface area contributed by atoms with Crippen LogP contribution in [0.4, 0.5) is 23.7 Å². The molecule has 3 N–H and O–H groups in total. The second-order valence-corrected chi connectivity index (χ2v) is 7.92. The molecule has 0 aromatic heterocycles. The lowest BCUT2D eigenvalue weighted by Crippen LogP contribution is -2.40. The van der Waals surface area contributed by atoms with Gasteiger partial charge in [-0.2, -0.15) is 0 Å². The molecular weight excluding hydrogens is 415 g/mol. The van der Waals surface area contributed by atoms with E-state index >= 15 is 0 Å². The fourth-order valence-corrected chi connectivity index (χ4v) is 3.78. The normalized spacial score (nSPS) is 19.4. The quantitative estimate of drug-likeness (QED) is 0.632. The Balaban J connectivity index is 1.88. The Morgan fingerprint density at radius 3 is 2.38 bits per heavy atom. The van der Waals surface area contributed by atoms with E-state index in [-0.39, 0.29) is 5.69 Å². The molecule has 0 bridgehead atoms. The predicted molar refractivity (Wildman–Crippen MR) is 94.4 cm³/mol. The first-order valence-corrected chi connectivity index (χ1v) is 9.50. The lowest BCUT2D eigenvalue weighted by molar-refractivity contribution is -0.274. The van der Waals surface area contributed by atoms with E-state index in [0.29, 0.717) is 5.56 Å². The number of alkyl halides is 3. The summed E-state index contributed by atoms with van der Waals surface area (Å²) in [6.07, 6.45) is -4.97. The number of anilines is 1. The molecule has 29 heavy (non-hydrogen) atoms. The number of amides is 3. The average Bonchev–Trinajstić information content (AvgIpc) is 2.86. The van der Waals surface area contributed by atoms with Crippen LogP contribution in [0.3, 0.4) is 0 Å². The minimum Gasteiger partial charge on any atom is -0.406 e. The van der Waals surface area contributed by atoms with Crippen molar-refractivity contribution in [2.24, 2.45) is 0 Å². The maximum Gasteiger partial charge on any atom is 0.573 e. The summed E-state index contributed by atoms with van der Waals surface area (Å²) in [4.78, 5) is 23.0. The molecule has 1 saturated heterocycles. The van der Waals surface area contributed by atoms with Crippen LogP contribution in [0.2, 0.25) is 0 Å². The van der Waals surface area contributed by atoms with Gasteiger partial charge in [-0.15, -0.1) is 13.2 Å². The van der Waals surface area contributed by atoms with Crippen molar-refractivity contribution in [2.45, 2.75) is 23.7 Å². The zero-order valence-electron chi connectivity index (χ0n) is 14.7. The lowest BCUT2D eigenvalue weighted by Gasteiger charge is -2.22. The SMILES string of the molecule is CC1(c2cccc(NS(=O)(=O)c3cccc(OC(F)(F)F)c3)c2)NC(=O)NC1=O. The van der Waals surface area contributed by atoms with Gasteiger partial charge in [0.25, 0.3) is 15.9 Å². The largest absolute Gasteiger partial charge is 0.573 e. The van der Waals surface area contributed by atoms with E-state index < -0.39 is 44.5 Å². The number of urea groups is 1. The molecule has 8 nitrogen and oxygen atoms in total. The number of carbonyl (C=O) groups is 2. The Morgan fingerprint density at radius 1 is 1.07 bits per heavy atom. The standard InChI is InChI=1S/C17H14F3N3O5S/c1-16(14(24)21-15(25)22-16)10-4-2-5-11(8-10)23-29(26,27)13-7-3-6-12(9-13)28-17(18,19)20/h2-9,23H,1H3,(H2,21,22,24,25). The van der Waals surface area contributed by atoms with Crippen molar-refractivity contribution < 1.29 is 35.9 Å². The molecule has 1 heterocycles. The molecule has 1 fully saturated rings. The topological polar surface area (TPSA) is 114 Å². The number of sulfonamides is 1. The van der Waals surface area contributed by atoms with E-state index in [9.17, 15) is 31.2 Å². The maximum atomic E-state index is 12.6. The van der Waals surface area contributed by atoms with Crippen molar-refractivity contribution in [1.82, 2.24) is 10.6 Å². The van der Waals surface area contributed by atoms with Gasteiger partial charge >= 0.3 is 12.4 Å². The molecule has 0 aliphatic carbocycles. The smallest absolute Gasteiger partial charge is 0.406 e. The Bertz CT molecular complexity index is 1090. The van der Waals surface area contributed by atoms with Crippen LogP contribution in [0, 0.1) is 0 Å². The lowest BCUT2D eigenvalue weighted by atomic mass is 9.92. The van der Waals surface area contributed by atoms with Gasteiger partial charge in [-0.3, -0.25) is 14.8 Å². The van der Waals surface area contributed by atoms with Crippen molar-refractivity contribution in [2.75, 3.05) is 4.72 Å². The summed E-state index contributed by atoms with van der Waals surface area (Å²) in [6, 6.07) is 8.90. The molecule has 1 aliphatic rings. The zero-order chi connectivity index (χ0) is 21.4. The highest BCUT2D eigenvalue weighted by atomic mass is 32.2. The Labute approximate surface area is 163 Å². The van der Waals surface area contributed by atoms with Crippen molar-refractivity contribution in [1.29, 1.82) is 0 Å². The molecule has 12 heteroatoms. The van der Waals surface area contributed by atoms with Crippen molar-refractivity contribution in [3.05, 3.63) is 54.1 Å². The third-order valence-corrected chi connectivity index (χ3v) is 5.47. The molecule has 0 saturated carbocycles. The predicted octanol–water partition coefficient (Wildman–Crippen LogP) is 2.44. The fraction of sp³-hybridized carbons (Fsp3) is 0.176. The third-order valence-electron chi connectivity index (χ3n) is 4.09. The molecule has 0 spiro atoms. The number of rotatable bonds is 5. The van der Waals surface area contributed by atoms with Crippen molar-refractivity contribution in [3.63, 3.8) is 0 Å². The number of halogens is 3. The first-order chi connectivity index (χ1) is 13.4. The first kappa shape index (κ1) is 20.5. The number of ether oxygens (including phenoxy) is 1. The van der Waals surface area contributed by atoms with E-state index in [1.54, 1.807) is 0 Å². The van der Waals surface area contributed by atoms with E-state index in [1.807, 2.05) is 0 Å². The van der Waals surface area contributed by atoms with Gasteiger partial charge in [0.05, 0.1) is 4.90 Å². The Morgan fingerprint density at radius 2 is 1.76 bits per heavy atom. The summed E-state index contributed by atoms with van der Waals surface area (Å²) in [5.74, 6) is -1.30. The molecule has 3 rings (SSSR count). The van der Waals surface area contributed by atoms with Crippen LogP contribution in [-0.4, -0.2) is 26.7 Å². The van der Waals surface area contributed by atoms with Crippen LogP contribution in [-0.2, 0) is 20.4 Å². The van der Waals surface area contributed by atoms with Gasteiger partial charge < -0.3 is 10.1 Å². The molecule has 0 radical (unpaired) electrons. The van der Waals surface area contributed by atoms with Crippen molar-refractivity contribution in [3.8, 4) is 5.75 Å². The molecule has 1 unspecified atom stereocenters. The van der Waals surface area contributed by atoms with Gasteiger partial charge in [0.15, 0.2) is 0 Å². The van der Waals surface area contributed by atoms with Crippen LogP contribution in [0.5, 0.6) is 5.75 Å². The summed E-state index contributed by atoms with van der Waals surface area (Å²) in [7, 11) is -4.26. The summed E-state index contributed by atoms with van der Waals surface area (Å²) in [5, 5.41) is 4.54. The highest BCUT2D eigenvalue weighted by Gasteiger charge is 2.43. The van der Waals surface area contributed by atoms with Crippen LogP contribution >= 0.6 is 0 Å². The van der Waals surface area contributed by atoms with E-state index in [0.717, 1.165) is 24.3 Å². The summed E-state index contributed by atoms with van der Waals surface area (Å²) in [6.45, 7) is 1.44. The molecule has 1 atom stereocenters. The van der Waals surface area contributed by atoms with Crippen LogP contribution in [0.25, 0.3) is 0 Å². The van der Waals surface area contributed by atoms with Gasteiger partial charge in [0, 0.05) is 11.8 Å². The summed E-state index contributed by atoms with van der Waals surface area (Å²) >= 11 is 0. The Kier molecular flexibility index (Phi) is 4.91. The fourth-order valence-electron chi connectivity index (χ4n) is 2.69. The van der Waals surface area contributed by atoms with Gasteiger partial charge in [-0.25, -0.2) is 13.2 Å². The molecule has 2 aromatic carbocycles. The van der Waals surface area contributed by atoms with Gasteiger partial charge in [0.2, 0.25) is 0 Å². The van der Waals surface area contributed by atoms with Crippen LogP contribution in [0.15, 0.2) is 53.4 Å². The second kappa shape index (κ2) is 6.95. The first-order valence-electron chi connectivity index (χ1n) is 8.02. The van der Waals surface area contributed by atoms with Crippen molar-refractivity contribution >= 4 is 27.6 Å². The van der Waals surface area contributed by atoms with Crippen LogP contribution in [0.1, 0.15) is 12.5 Å². The minimum absolute atomic E-state index is 0.0415. The number of hydrogen-bond donors (Lipinski definition) is 3. The number of carbonyl (C=O) groups excluding carboxylic acids is 2. The van der Waals surface area contributed by atoms with E-state index in [2.05, 4.69) is 20.1 Å². The monoisotopic (exact) mass is 429 g/mol.